The Morgan fingerprint density at radius 3 is 2.35 bits per heavy atom. The predicted octanol–water partition coefficient (Wildman–Crippen LogP) is 2.75. The smallest absolute Gasteiger partial charge is 0.163 e. The number of ether oxygens (including phenoxy) is 1. The second-order valence-electron chi connectivity index (χ2n) is 5.13. The molecular formula is C14H21NO2. The Kier molecular flexibility index (Phi) is 3.04. The van der Waals surface area contributed by atoms with Crippen molar-refractivity contribution in [3.05, 3.63) is 22.8 Å². The van der Waals surface area contributed by atoms with E-state index in [0.717, 1.165) is 42.4 Å². The maximum atomic E-state index is 10.4. The van der Waals surface area contributed by atoms with Crippen molar-refractivity contribution in [2.24, 2.45) is 5.73 Å². The molecule has 0 aromatic heterocycles. The van der Waals surface area contributed by atoms with Crippen LogP contribution in [0.25, 0.3) is 0 Å². The van der Waals surface area contributed by atoms with Crippen LogP contribution in [0.3, 0.4) is 0 Å². The summed E-state index contributed by atoms with van der Waals surface area (Å²) in [5, 5.41) is 10.4. The number of benzene rings is 1. The number of hydrogen-bond donors (Lipinski definition) is 2. The molecule has 0 atom stereocenters. The van der Waals surface area contributed by atoms with Crippen molar-refractivity contribution in [1.82, 2.24) is 0 Å². The van der Waals surface area contributed by atoms with Gasteiger partial charge in [0.25, 0.3) is 0 Å². The average Bonchev–Trinajstić information content (AvgIpc) is 2.65. The minimum absolute atomic E-state index is 0.231. The fraction of sp³-hybridized carbons (Fsp3) is 0.571. The molecule has 3 heteroatoms. The lowest BCUT2D eigenvalue weighted by Crippen LogP contribution is -2.34. The number of methoxy groups -OCH3 is 1. The first-order chi connectivity index (χ1) is 7.99. The van der Waals surface area contributed by atoms with E-state index in [1.54, 1.807) is 7.11 Å². The molecule has 0 radical (unpaired) electrons. The summed E-state index contributed by atoms with van der Waals surface area (Å²) in [6, 6.07) is 2.04. The van der Waals surface area contributed by atoms with Crippen LogP contribution in [0.15, 0.2) is 6.07 Å². The first-order valence-corrected chi connectivity index (χ1v) is 6.16. The van der Waals surface area contributed by atoms with Crippen LogP contribution in [0.2, 0.25) is 0 Å². The van der Waals surface area contributed by atoms with Crippen molar-refractivity contribution in [3.8, 4) is 11.5 Å². The largest absolute Gasteiger partial charge is 0.504 e. The lowest BCUT2D eigenvalue weighted by atomic mass is 9.84. The van der Waals surface area contributed by atoms with Gasteiger partial charge < -0.3 is 15.6 Å². The zero-order chi connectivity index (χ0) is 12.6. The molecule has 1 aliphatic carbocycles. The van der Waals surface area contributed by atoms with Gasteiger partial charge in [-0.05, 0) is 37.8 Å². The van der Waals surface area contributed by atoms with Gasteiger partial charge >= 0.3 is 0 Å². The van der Waals surface area contributed by atoms with Crippen molar-refractivity contribution < 1.29 is 9.84 Å². The lowest BCUT2D eigenvalue weighted by Gasteiger charge is -2.28. The Bertz CT molecular complexity index is 434. The van der Waals surface area contributed by atoms with E-state index < -0.39 is 0 Å². The van der Waals surface area contributed by atoms with Crippen LogP contribution >= 0.6 is 0 Å². The van der Waals surface area contributed by atoms with Gasteiger partial charge in [-0.25, -0.2) is 0 Å². The fourth-order valence-corrected chi connectivity index (χ4v) is 3.09. The second kappa shape index (κ2) is 4.22. The summed E-state index contributed by atoms with van der Waals surface area (Å²) in [7, 11) is 1.58. The topological polar surface area (TPSA) is 55.5 Å². The van der Waals surface area contributed by atoms with Gasteiger partial charge in [0, 0.05) is 11.1 Å². The molecule has 0 saturated heterocycles. The summed E-state index contributed by atoms with van der Waals surface area (Å²) < 4.78 is 5.27. The molecular weight excluding hydrogens is 214 g/mol. The highest BCUT2D eigenvalue weighted by molar-refractivity contribution is 5.56. The van der Waals surface area contributed by atoms with Crippen molar-refractivity contribution >= 4 is 0 Å². The molecule has 1 saturated carbocycles. The Labute approximate surface area is 103 Å². The highest BCUT2D eigenvalue weighted by Gasteiger charge is 2.36. The third-order valence-electron chi connectivity index (χ3n) is 3.84. The zero-order valence-electron chi connectivity index (χ0n) is 10.8. The quantitative estimate of drug-likeness (QED) is 0.828. The molecule has 1 aromatic rings. The first kappa shape index (κ1) is 12.2. The Morgan fingerprint density at radius 1 is 1.24 bits per heavy atom. The number of aromatic hydroxyl groups is 1. The van der Waals surface area contributed by atoms with Gasteiger partial charge in [0.1, 0.15) is 0 Å². The molecule has 1 fully saturated rings. The van der Waals surface area contributed by atoms with E-state index in [0.29, 0.717) is 5.75 Å². The Morgan fingerprint density at radius 2 is 1.82 bits per heavy atom. The van der Waals surface area contributed by atoms with E-state index in [4.69, 9.17) is 10.5 Å². The van der Waals surface area contributed by atoms with Gasteiger partial charge in [-0.2, -0.15) is 0 Å². The summed E-state index contributed by atoms with van der Waals surface area (Å²) in [6.45, 7) is 3.95. The number of nitrogens with two attached hydrogens (primary N) is 1. The molecule has 1 aliphatic rings. The molecule has 0 aliphatic heterocycles. The summed E-state index contributed by atoms with van der Waals surface area (Å²) in [5.74, 6) is 0.789. The minimum atomic E-state index is -0.380. The molecule has 0 spiro atoms. The summed E-state index contributed by atoms with van der Waals surface area (Å²) in [5.41, 5.74) is 8.95. The van der Waals surface area contributed by atoms with E-state index >= 15 is 0 Å². The van der Waals surface area contributed by atoms with E-state index in [-0.39, 0.29) is 11.3 Å². The van der Waals surface area contributed by atoms with Crippen LogP contribution in [0, 0.1) is 13.8 Å². The molecule has 0 amide bonds. The SMILES string of the molecule is COc1c(C)cc(C)c(C2(N)CCCC2)c1O. The zero-order valence-corrected chi connectivity index (χ0v) is 10.8. The normalized spacial score (nSPS) is 18.4. The minimum Gasteiger partial charge on any atom is -0.504 e. The number of phenolic OH excluding ortho intramolecular Hbond substituents is 1. The van der Waals surface area contributed by atoms with Gasteiger partial charge in [-0.1, -0.05) is 18.9 Å². The molecule has 3 nitrogen and oxygen atoms in total. The maximum absolute atomic E-state index is 10.4. The third kappa shape index (κ3) is 1.89. The third-order valence-corrected chi connectivity index (χ3v) is 3.84. The number of phenols is 1. The van der Waals surface area contributed by atoms with E-state index in [1.165, 1.54) is 0 Å². The van der Waals surface area contributed by atoms with E-state index in [9.17, 15) is 5.11 Å². The molecule has 0 heterocycles. The number of hydrogen-bond acceptors (Lipinski definition) is 3. The fourth-order valence-electron chi connectivity index (χ4n) is 3.09. The molecule has 0 bridgehead atoms. The standard InChI is InChI=1S/C14H21NO2/c1-9-8-10(2)13(17-3)12(16)11(9)14(15)6-4-5-7-14/h8,16H,4-7,15H2,1-3H3. The highest BCUT2D eigenvalue weighted by atomic mass is 16.5. The van der Waals surface area contributed by atoms with Crippen LogP contribution < -0.4 is 10.5 Å². The Hall–Kier alpha value is -1.22. The first-order valence-electron chi connectivity index (χ1n) is 6.16. The highest BCUT2D eigenvalue weighted by Crippen LogP contribution is 2.46. The van der Waals surface area contributed by atoms with Crippen molar-refractivity contribution in [1.29, 1.82) is 0 Å². The van der Waals surface area contributed by atoms with Crippen LogP contribution in [0.4, 0.5) is 0 Å². The van der Waals surface area contributed by atoms with Crippen LogP contribution in [-0.4, -0.2) is 12.2 Å². The Balaban J connectivity index is 2.60. The van der Waals surface area contributed by atoms with Gasteiger partial charge in [-0.3, -0.25) is 0 Å². The summed E-state index contributed by atoms with van der Waals surface area (Å²) in [6.07, 6.45) is 4.14. The monoisotopic (exact) mass is 235 g/mol. The maximum Gasteiger partial charge on any atom is 0.163 e. The lowest BCUT2D eigenvalue weighted by molar-refractivity contribution is 0.352. The van der Waals surface area contributed by atoms with E-state index in [2.05, 4.69) is 0 Å². The molecule has 3 N–H and O–H groups in total. The van der Waals surface area contributed by atoms with Gasteiger partial charge in [-0.15, -0.1) is 0 Å². The molecule has 2 rings (SSSR count). The van der Waals surface area contributed by atoms with Crippen molar-refractivity contribution in [3.63, 3.8) is 0 Å². The number of aryl methyl sites for hydroxylation is 2. The van der Waals surface area contributed by atoms with Crippen LogP contribution in [0.1, 0.15) is 42.4 Å². The van der Waals surface area contributed by atoms with Crippen LogP contribution in [0.5, 0.6) is 11.5 Å². The van der Waals surface area contributed by atoms with Gasteiger partial charge in [0.05, 0.1) is 7.11 Å². The van der Waals surface area contributed by atoms with E-state index in [1.807, 2.05) is 19.9 Å². The molecule has 0 unspecified atom stereocenters. The molecule has 94 valence electrons. The molecule has 17 heavy (non-hydrogen) atoms. The van der Waals surface area contributed by atoms with Gasteiger partial charge in [0.15, 0.2) is 11.5 Å². The number of rotatable bonds is 2. The summed E-state index contributed by atoms with van der Waals surface area (Å²) >= 11 is 0. The summed E-state index contributed by atoms with van der Waals surface area (Å²) in [4.78, 5) is 0. The van der Waals surface area contributed by atoms with Gasteiger partial charge in [0.2, 0.25) is 0 Å². The second-order valence-corrected chi connectivity index (χ2v) is 5.13. The molecule has 1 aromatic carbocycles. The average molecular weight is 235 g/mol. The predicted molar refractivity (Wildman–Crippen MR) is 68.5 cm³/mol. The van der Waals surface area contributed by atoms with Crippen molar-refractivity contribution in [2.45, 2.75) is 45.1 Å². The van der Waals surface area contributed by atoms with Crippen LogP contribution in [-0.2, 0) is 5.54 Å². The van der Waals surface area contributed by atoms with Crippen molar-refractivity contribution in [2.75, 3.05) is 7.11 Å².